The van der Waals surface area contributed by atoms with Crippen LogP contribution in [0, 0.1) is 10.1 Å². The molecular weight excluding hydrogens is 412 g/mol. The summed E-state index contributed by atoms with van der Waals surface area (Å²) in [4.78, 5) is 50.5. The van der Waals surface area contributed by atoms with Crippen LogP contribution in [0.3, 0.4) is 0 Å². The lowest BCUT2D eigenvalue weighted by Crippen LogP contribution is -2.45. The normalized spacial score (nSPS) is 23.9. The molecule has 2 fully saturated rings. The van der Waals surface area contributed by atoms with E-state index in [1.165, 1.54) is 29.2 Å². The van der Waals surface area contributed by atoms with Crippen molar-refractivity contribution >= 4 is 36.1 Å². The number of hydrogen-bond acceptors (Lipinski definition) is 8. The predicted octanol–water partition coefficient (Wildman–Crippen LogP) is 0.993. The van der Waals surface area contributed by atoms with Crippen LogP contribution in [0.2, 0.25) is 0 Å². The Morgan fingerprint density at radius 2 is 1.97 bits per heavy atom. The second kappa shape index (κ2) is 9.43. The van der Waals surface area contributed by atoms with E-state index in [0.29, 0.717) is 31.5 Å². The molecule has 0 aliphatic carbocycles. The van der Waals surface area contributed by atoms with Gasteiger partial charge in [0.2, 0.25) is 5.78 Å². The molecule has 2 heterocycles. The standard InChI is InChI=1S/C19H24N4O6S/c1-21-10-15(30)8-16(21)17(24)18(25)22-7-6-13(9-22)20-19(26)29-11-12-2-4-14(5-3-12)23(27)28/h2-5,13,15-16,30H,6-11H2,1H3,(H,20,26)/t13-,15-,16-/m0/s1. The first-order valence-electron chi connectivity index (χ1n) is 9.62. The maximum absolute atomic E-state index is 12.5. The topological polar surface area (TPSA) is 122 Å². The number of likely N-dealkylation sites (tertiary alicyclic amines) is 2. The van der Waals surface area contributed by atoms with Crippen LogP contribution in [-0.4, -0.2) is 76.5 Å². The summed E-state index contributed by atoms with van der Waals surface area (Å²) in [5, 5.41) is 13.4. The van der Waals surface area contributed by atoms with Crippen molar-refractivity contribution in [3.05, 3.63) is 39.9 Å². The van der Waals surface area contributed by atoms with Crippen molar-refractivity contribution in [1.29, 1.82) is 0 Å². The summed E-state index contributed by atoms with van der Waals surface area (Å²) >= 11 is 4.39. The number of amides is 2. The summed E-state index contributed by atoms with van der Waals surface area (Å²) in [5.74, 6) is -0.965. The number of thiol groups is 1. The van der Waals surface area contributed by atoms with Crippen molar-refractivity contribution in [2.75, 3.05) is 26.7 Å². The van der Waals surface area contributed by atoms with Crippen molar-refractivity contribution in [3.63, 3.8) is 0 Å². The number of carbonyl (C=O) groups excluding carboxylic acids is 3. The van der Waals surface area contributed by atoms with Gasteiger partial charge in [-0.3, -0.25) is 24.6 Å². The molecule has 0 bridgehead atoms. The van der Waals surface area contributed by atoms with E-state index in [2.05, 4.69) is 17.9 Å². The van der Waals surface area contributed by atoms with Crippen LogP contribution >= 0.6 is 12.6 Å². The summed E-state index contributed by atoms with van der Waals surface area (Å²) < 4.78 is 5.14. The van der Waals surface area contributed by atoms with Crippen LogP contribution in [-0.2, 0) is 20.9 Å². The summed E-state index contributed by atoms with van der Waals surface area (Å²) in [6.07, 6.45) is 0.433. The second-order valence-electron chi connectivity index (χ2n) is 7.59. The van der Waals surface area contributed by atoms with Gasteiger partial charge in [0.25, 0.3) is 11.6 Å². The molecule has 2 aliphatic heterocycles. The number of benzene rings is 1. The maximum atomic E-state index is 12.5. The summed E-state index contributed by atoms with van der Waals surface area (Å²) in [7, 11) is 1.81. The molecule has 0 spiro atoms. The average molecular weight is 436 g/mol. The van der Waals surface area contributed by atoms with Gasteiger partial charge in [-0.1, -0.05) is 0 Å². The molecule has 1 aromatic carbocycles. The van der Waals surface area contributed by atoms with E-state index in [1.54, 1.807) is 7.05 Å². The smallest absolute Gasteiger partial charge is 0.407 e. The summed E-state index contributed by atoms with van der Waals surface area (Å²) in [6, 6.07) is 4.96. The quantitative estimate of drug-likeness (QED) is 0.295. The van der Waals surface area contributed by atoms with Gasteiger partial charge in [-0.2, -0.15) is 12.6 Å². The molecule has 0 radical (unpaired) electrons. The Hall–Kier alpha value is -2.66. The lowest BCUT2D eigenvalue weighted by molar-refractivity contribution is -0.384. The molecule has 0 aromatic heterocycles. The molecule has 11 heteroatoms. The number of hydrogen-bond donors (Lipinski definition) is 2. The molecule has 3 rings (SSSR count). The van der Waals surface area contributed by atoms with Crippen molar-refractivity contribution in [1.82, 2.24) is 15.1 Å². The number of nitrogens with zero attached hydrogens (tertiary/aromatic N) is 3. The van der Waals surface area contributed by atoms with E-state index >= 15 is 0 Å². The minimum Gasteiger partial charge on any atom is -0.445 e. The molecule has 2 amide bonds. The van der Waals surface area contributed by atoms with Gasteiger partial charge in [0, 0.05) is 37.0 Å². The van der Waals surface area contributed by atoms with E-state index in [0.717, 1.165) is 0 Å². The van der Waals surface area contributed by atoms with Gasteiger partial charge >= 0.3 is 6.09 Å². The fourth-order valence-corrected chi connectivity index (χ4v) is 4.17. The second-order valence-corrected chi connectivity index (χ2v) is 8.32. The number of Topliss-reactive ketones (excluding diaryl/α,β-unsaturated/α-hetero) is 1. The molecule has 30 heavy (non-hydrogen) atoms. The molecule has 2 saturated heterocycles. The van der Waals surface area contributed by atoms with Gasteiger partial charge in [0.15, 0.2) is 0 Å². The van der Waals surface area contributed by atoms with Crippen LogP contribution in [0.25, 0.3) is 0 Å². The Labute approximate surface area is 179 Å². The van der Waals surface area contributed by atoms with Crippen molar-refractivity contribution < 1.29 is 24.0 Å². The molecule has 3 atom stereocenters. The summed E-state index contributed by atoms with van der Waals surface area (Å²) in [6.45, 7) is 1.27. The number of non-ortho nitro benzene ring substituents is 1. The number of nitrogens with one attached hydrogen (secondary N) is 1. The molecule has 1 N–H and O–H groups in total. The van der Waals surface area contributed by atoms with E-state index in [1.807, 2.05) is 4.90 Å². The van der Waals surface area contributed by atoms with E-state index in [-0.39, 0.29) is 30.1 Å². The number of nitro groups is 1. The predicted molar refractivity (Wildman–Crippen MR) is 110 cm³/mol. The SMILES string of the molecule is CN1C[C@@H](S)C[C@H]1C(=O)C(=O)N1CC[C@H](NC(=O)OCc2ccc([N+](=O)[O-])cc2)C1. The molecule has 1 aromatic rings. The van der Waals surface area contributed by atoms with E-state index in [9.17, 15) is 24.5 Å². The lowest BCUT2D eigenvalue weighted by Gasteiger charge is -2.21. The molecular formula is C19H24N4O6S. The Bertz CT molecular complexity index is 833. The highest BCUT2D eigenvalue weighted by Gasteiger charge is 2.39. The number of rotatable bonds is 6. The summed E-state index contributed by atoms with van der Waals surface area (Å²) in [5.41, 5.74) is 0.579. The first-order valence-corrected chi connectivity index (χ1v) is 10.1. The molecule has 162 valence electrons. The van der Waals surface area contributed by atoms with Gasteiger partial charge in [-0.25, -0.2) is 4.79 Å². The van der Waals surface area contributed by atoms with Gasteiger partial charge in [0.05, 0.1) is 17.0 Å². The minimum atomic E-state index is -0.646. The monoisotopic (exact) mass is 436 g/mol. The molecule has 2 aliphatic rings. The minimum absolute atomic E-state index is 0.0312. The van der Waals surface area contributed by atoms with E-state index in [4.69, 9.17) is 4.74 Å². The van der Waals surface area contributed by atoms with Gasteiger partial charge in [-0.05, 0) is 37.6 Å². The zero-order valence-electron chi connectivity index (χ0n) is 16.5. The third-order valence-corrected chi connectivity index (χ3v) is 5.73. The highest BCUT2D eigenvalue weighted by atomic mass is 32.1. The fraction of sp³-hybridized carbons (Fsp3) is 0.526. The highest BCUT2D eigenvalue weighted by Crippen LogP contribution is 2.22. The van der Waals surface area contributed by atoms with Gasteiger partial charge < -0.3 is 15.0 Å². The largest absolute Gasteiger partial charge is 0.445 e. The van der Waals surface area contributed by atoms with Crippen LogP contribution in [0.4, 0.5) is 10.5 Å². The van der Waals surface area contributed by atoms with Gasteiger partial charge in [-0.15, -0.1) is 0 Å². The van der Waals surface area contributed by atoms with Crippen LogP contribution in [0.5, 0.6) is 0 Å². The maximum Gasteiger partial charge on any atom is 0.407 e. The average Bonchev–Trinajstić information content (AvgIpc) is 3.31. The van der Waals surface area contributed by atoms with Crippen molar-refractivity contribution in [3.8, 4) is 0 Å². The van der Waals surface area contributed by atoms with Crippen molar-refractivity contribution in [2.24, 2.45) is 0 Å². The number of likely N-dealkylation sites (N-methyl/N-ethyl adjacent to an activating group) is 1. The van der Waals surface area contributed by atoms with Crippen LogP contribution < -0.4 is 5.32 Å². The molecule has 0 saturated carbocycles. The van der Waals surface area contributed by atoms with Gasteiger partial charge in [0.1, 0.15) is 6.61 Å². The number of alkyl carbamates (subject to hydrolysis) is 1. The number of ether oxygens (including phenoxy) is 1. The number of carbonyl (C=O) groups is 3. The van der Waals surface area contributed by atoms with Crippen LogP contribution in [0.1, 0.15) is 18.4 Å². The Morgan fingerprint density at radius 3 is 2.57 bits per heavy atom. The Balaban J connectivity index is 1.43. The number of nitro benzene ring substituents is 1. The third kappa shape index (κ3) is 5.28. The van der Waals surface area contributed by atoms with Crippen LogP contribution in [0.15, 0.2) is 24.3 Å². The highest BCUT2D eigenvalue weighted by molar-refractivity contribution is 7.81. The zero-order chi connectivity index (χ0) is 21.8. The molecule has 0 unspecified atom stereocenters. The lowest BCUT2D eigenvalue weighted by atomic mass is 10.1. The van der Waals surface area contributed by atoms with E-state index < -0.39 is 28.7 Å². The first-order chi connectivity index (χ1) is 14.2. The first kappa shape index (κ1) is 22.0. The molecule has 10 nitrogen and oxygen atoms in total. The zero-order valence-corrected chi connectivity index (χ0v) is 17.4. The fourth-order valence-electron chi connectivity index (χ4n) is 3.71. The van der Waals surface area contributed by atoms with Crippen molar-refractivity contribution in [2.45, 2.75) is 36.8 Å². The Morgan fingerprint density at radius 1 is 1.27 bits per heavy atom. The third-order valence-electron chi connectivity index (χ3n) is 5.35. The number of ketones is 1. The Kier molecular flexibility index (Phi) is 6.93.